The summed E-state index contributed by atoms with van der Waals surface area (Å²) in [7, 11) is 2.75. The van der Waals surface area contributed by atoms with Crippen molar-refractivity contribution < 1.29 is 27.8 Å². The Hall–Kier alpha value is -3.05. The summed E-state index contributed by atoms with van der Waals surface area (Å²) in [5.74, 6) is -0.643. The van der Waals surface area contributed by atoms with Gasteiger partial charge in [0, 0.05) is 30.4 Å². The van der Waals surface area contributed by atoms with Gasteiger partial charge in [0.05, 0.1) is 12.4 Å². The summed E-state index contributed by atoms with van der Waals surface area (Å²) < 4.78 is 40.8. The van der Waals surface area contributed by atoms with Crippen LogP contribution < -0.4 is 15.8 Å². The van der Waals surface area contributed by atoms with Crippen molar-refractivity contribution in [2.45, 2.75) is 12.2 Å². The van der Waals surface area contributed by atoms with Crippen molar-refractivity contribution in [3.8, 4) is 5.88 Å². The minimum absolute atomic E-state index is 0.0297. The second kappa shape index (κ2) is 11.2. The van der Waals surface area contributed by atoms with Crippen molar-refractivity contribution in [1.29, 1.82) is 0 Å². The summed E-state index contributed by atoms with van der Waals surface area (Å²) in [6.45, 7) is -1.99. The number of aromatic nitrogens is 2. The van der Waals surface area contributed by atoms with E-state index in [2.05, 4.69) is 25.0 Å². The first-order chi connectivity index (χ1) is 14.4. The second-order valence-electron chi connectivity index (χ2n) is 5.71. The largest absolute Gasteiger partial charge is 0.456 e. The highest BCUT2D eigenvalue weighted by Gasteiger charge is 2.28. The van der Waals surface area contributed by atoms with E-state index in [1.165, 1.54) is 32.4 Å². The zero-order valence-electron chi connectivity index (χ0n) is 16.1. The fraction of sp³-hybridized carbons (Fsp3) is 0.333. The van der Waals surface area contributed by atoms with Crippen molar-refractivity contribution in [2.75, 3.05) is 33.0 Å². The van der Waals surface area contributed by atoms with Gasteiger partial charge in [0.25, 0.3) is 11.9 Å². The van der Waals surface area contributed by atoms with Crippen LogP contribution in [-0.4, -0.2) is 55.7 Å². The molecule has 0 aliphatic heterocycles. The quantitative estimate of drug-likeness (QED) is 0.451. The number of nitrogens with one attached hydrogen (secondary N) is 1. The molecule has 0 aliphatic rings. The average Bonchev–Trinajstić information content (AvgIpc) is 2.76. The molecule has 0 fully saturated rings. The minimum Gasteiger partial charge on any atom is -0.456 e. The first-order valence-corrected chi connectivity index (χ1v) is 8.90. The lowest BCUT2D eigenvalue weighted by molar-refractivity contribution is -0.0175. The topological polar surface area (TPSA) is 121 Å². The highest BCUT2D eigenvalue weighted by atomic mass is 35.5. The number of methoxy groups -OCH3 is 1. The molecule has 1 amide bonds. The third kappa shape index (κ3) is 5.97. The first kappa shape index (κ1) is 23.2. The number of benzene rings is 1. The first-order valence-electron chi connectivity index (χ1n) is 8.52. The number of rotatable bonds is 9. The number of anilines is 1. The number of aliphatic imine (C=N–C) groups is 1. The van der Waals surface area contributed by atoms with E-state index in [1.807, 2.05) is 0 Å². The molecule has 0 spiro atoms. The van der Waals surface area contributed by atoms with Crippen molar-refractivity contribution in [3.63, 3.8) is 0 Å². The Balaban J connectivity index is 2.23. The number of amidine groups is 1. The summed E-state index contributed by atoms with van der Waals surface area (Å²) in [6.07, 6.45) is 0.202. The van der Waals surface area contributed by atoms with Gasteiger partial charge >= 0.3 is 0 Å². The number of amides is 1. The van der Waals surface area contributed by atoms with E-state index in [0.717, 1.165) is 12.4 Å². The number of hydrogen-bond acceptors (Lipinski definition) is 7. The maximum Gasteiger partial charge on any atom is 0.282 e. The normalized spacial score (nSPS) is 13.4. The lowest BCUT2D eigenvalue weighted by Gasteiger charge is -2.25. The second-order valence-corrected chi connectivity index (χ2v) is 6.12. The van der Waals surface area contributed by atoms with Crippen LogP contribution in [0.4, 0.5) is 14.5 Å². The summed E-state index contributed by atoms with van der Waals surface area (Å²) >= 11 is 6.24. The standard InChI is InChI=1S/C18H20ClF2N5O4/c1-23-18(22)30-14(6-20)16(28-2)11-5-10(3-4-12(11)19)26-17(27)13-7-25-15(8-24-13)29-9-21/h3-5,7-8,14,16H,6,9H2,1-2H3,(H2,22,23)(H,26,27)/t14-,16-/m1/s1. The minimum atomic E-state index is -1.11. The average molecular weight is 444 g/mol. The van der Waals surface area contributed by atoms with Crippen LogP contribution in [0.5, 0.6) is 5.88 Å². The molecule has 9 nitrogen and oxygen atoms in total. The predicted molar refractivity (Wildman–Crippen MR) is 106 cm³/mol. The van der Waals surface area contributed by atoms with E-state index in [9.17, 15) is 13.6 Å². The molecule has 0 radical (unpaired) electrons. The van der Waals surface area contributed by atoms with Crippen LogP contribution in [0.2, 0.25) is 5.02 Å². The third-order valence-electron chi connectivity index (χ3n) is 3.86. The van der Waals surface area contributed by atoms with Crippen molar-refractivity contribution in [1.82, 2.24) is 9.97 Å². The Labute approximate surface area is 176 Å². The van der Waals surface area contributed by atoms with Crippen molar-refractivity contribution >= 4 is 29.2 Å². The number of nitrogens with two attached hydrogens (primary N) is 1. The van der Waals surface area contributed by atoms with E-state index in [1.54, 1.807) is 0 Å². The highest BCUT2D eigenvalue weighted by molar-refractivity contribution is 6.31. The molecule has 1 heterocycles. The predicted octanol–water partition coefficient (Wildman–Crippen LogP) is 2.67. The number of nitrogens with zero attached hydrogens (tertiary/aromatic N) is 3. The Morgan fingerprint density at radius 3 is 2.67 bits per heavy atom. The lowest BCUT2D eigenvalue weighted by atomic mass is 10.0. The van der Waals surface area contributed by atoms with Gasteiger partial charge in [-0.2, -0.15) is 0 Å². The SMILES string of the molecule is C/N=C(/N)O[C@H](CF)[C@H](OC)c1cc(NC(=O)c2cnc(OCF)cn2)ccc1Cl. The van der Waals surface area contributed by atoms with Gasteiger partial charge in [-0.1, -0.05) is 11.6 Å². The summed E-state index contributed by atoms with van der Waals surface area (Å²) in [6, 6.07) is 4.35. The Kier molecular flexibility index (Phi) is 8.69. The van der Waals surface area contributed by atoms with E-state index < -0.39 is 31.7 Å². The van der Waals surface area contributed by atoms with E-state index >= 15 is 0 Å². The lowest BCUT2D eigenvalue weighted by Crippen LogP contribution is -2.32. The highest BCUT2D eigenvalue weighted by Crippen LogP contribution is 2.32. The van der Waals surface area contributed by atoms with Gasteiger partial charge in [-0.15, -0.1) is 0 Å². The summed E-state index contributed by atoms with van der Waals surface area (Å²) in [4.78, 5) is 23.6. The molecule has 2 atom stereocenters. The zero-order chi connectivity index (χ0) is 22.1. The van der Waals surface area contributed by atoms with Crippen molar-refractivity contribution in [2.24, 2.45) is 10.7 Å². The third-order valence-corrected chi connectivity index (χ3v) is 4.20. The molecule has 1 aromatic heterocycles. The Bertz CT molecular complexity index is 885. The van der Waals surface area contributed by atoms with Gasteiger partial charge in [0.15, 0.2) is 6.10 Å². The maximum absolute atomic E-state index is 13.6. The van der Waals surface area contributed by atoms with Crippen LogP contribution in [0.1, 0.15) is 22.2 Å². The maximum atomic E-state index is 13.6. The number of hydrogen-bond donors (Lipinski definition) is 2. The Morgan fingerprint density at radius 2 is 2.10 bits per heavy atom. The number of halogens is 3. The molecular formula is C18H20ClF2N5O4. The Morgan fingerprint density at radius 1 is 1.33 bits per heavy atom. The molecule has 0 unspecified atom stereocenters. The molecule has 0 aliphatic carbocycles. The molecule has 2 aromatic rings. The molecule has 1 aromatic carbocycles. The fourth-order valence-electron chi connectivity index (χ4n) is 2.46. The summed E-state index contributed by atoms with van der Waals surface area (Å²) in [5.41, 5.74) is 6.19. The molecule has 162 valence electrons. The van der Waals surface area contributed by atoms with Crippen LogP contribution in [0.15, 0.2) is 35.6 Å². The number of ether oxygens (including phenoxy) is 3. The van der Waals surface area contributed by atoms with E-state index in [-0.39, 0.29) is 22.6 Å². The van der Waals surface area contributed by atoms with Gasteiger partial charge in [-0.05, 0) is 18.2 Å². The van der Waals surface area contributed by atoms with E-state index in [4.69, 9.17) is 26.8 Å². The molecular weight excluding hydrogens is 424 g/mol. The molecule has 30 heavy (non-hydrogen) atoms. The molecule has 0 saturated carbocycles. The molecule has 0 saturated heterocycles. The fourth-order valence-corrected chi connectivity index (χ4v) is 2.68. The van der Waals surface area contributed by atoms with Crippen molar-refractivity contribution in [3.05, 3.63) is 46.9 Å². The molecule has 3 N–H and O–H groups in total. The van der Waals surface area contributed by atoms with Crippen LogP contribution in [0, 0.1) is 0 Å². The van der Waals surface area contributed by atoms with Gasteiger partial charge in [-0.25, -0.2) is 23.7 Å². The number of carbonyl (C=O) groups excluding carboxylic acids is 1. The van der Waals surface area contributed by atoms with Gasteiger partial charge in [0.2, 0.25) is 12.7 Å². The van der Waals surface area contributed by atoms with Crippen LogP contribution >= 0.6 is 11.6 Å². The van der Waals surface area contributed by atoms with Gasteiger partial charge in [-0.3, -0.25) is 4.79 Å². The smallest absolute Gasteiger partial charge is 0.282 e. The zero-order valence-corrected chi connectivity index (χ0v) is 16.9. The number of alkyl halides is 2. The number of carbonyl (C=O) groups is 1. The molecule has 12 heteroatoms. The monoisotopic (exact) mass is 443 g/mol. The van der Waals surface area contributed by atoms with Crippen LogP contribution in [-0.2, 0) is 9.47 Å². The van der Waals surface area contributed by atoms with Crippen LogP contribution in [0.25, 0.3) is 0 Å². The van der Waals surface area contributed by atoms with Crippen LogP contribution in [0.3, 0.4) is 0 Å². The van der Waals surface area contributed by atoms with E-state index in [0.29, 0.717) is 11.3 Å². The molecule has 2 rings (SSSR count). The molecule has 0 bridgehead atoms. The van der Waals surface area contributed by atoms with Gasteiger partial charge < -0.3 is 25.3 Å². The van der Waals surface area contributed by atoms with Gasteiger partial charge in [0.1, 0.15) is 18.5 Å². The summed E-state index contributed by atoms with van der Waals surface area (Å²) in [5, 5.41) is 2.88.